The monoisotopic (exact) mass is 1030 g/mol. The third-order valence-corrected chi connectivity index (χ3v) is 17.8. The molecular formula is C75H54B3N3. The minimum Gasteiger partial charge on any atom is -0.312 e. The van der Waals surface area contributed by atoms with E-state index in [0.29, 0.717) is 20.1 Å². The molecule has 0 saturated carbocycles. The highest BCUT2D eigenvalue weighted by molar-refractivity contribution is 7.03. The number of rotatable bonds is 3. The van der Waals surface area contributed by atoms with E-state index >= 15 is 0 Å². The fraction of sp³-hybridized carbons (Fsp3) is 0.0400. The minimum atomic E-state index is 0.322. The van der Waals surface area contributed by atoms with Crippen molar-refractivity contribution >= 4 is 120 Å². The van der Waals surface area contributed by atoms with Gasteiger partial charge in [0.15, 0.2) is 0 Å². The average Bonchev–Trinajstić information content (AvgIpc) is 3.61. The average molecular weight is 1030 g/mol. The van der Waals surface area contributed by atoms with Crippen molar-refractivity contribution in [1.82, 2.24) is 0 Å². The summed E-state index contributed by atoms with van der Waals surface area (Å²) in [6, 6.07) is 99.6. The van der Waals surface area contributed by atoms with Gasteiger partial charge < -0.3 is 14.7 Å². The van der Waals surface area contributed by atoms with E-state index in [1.165, 1.54) is 150 Å². The number of benzene rings is 12. The number of hydrogen-bond acceptors (Lipinski definition) is 3. The quantitative estimate of drug-likeness (QED) is 0.163. The van der Waals surface area contributed by atoms with Crippen molar-refractivity contribution in [2.75, 3.05) is 14.7 Å². The molecule has 3 nitrogen and oxygen atoms in total. The van der Waals surface area contributed by atoms with Crippen molar-refractivity contribution in [3.8, 4) is 33.4 Å². The first-order valence-corrected chi connectivity index (χ1v) is 28.5. The van der Waals surface area contributed by atoms with Gasteiger partial charge in [0.05, 0.1) is 0 Å². The second-order valence-corrected chi connectivity index (χ2v) is 22.4. The smallest absolute Gasteiger partial charge is 0.248 e. The van der Waals surface area contributed by atoms with Gasteiger partial charge in [-0.1, -0.05) is 228 Å². The third kappa shape index (κ3) is 7.19. The van der Waals surface area contributed by atoms with Crippen LogP contribution in [0.3, 0.4) is 0 Å². The molecule has 0 bridgehead atoms. The van der Waals surface area contributed by atoms with E-state index in [2.05, 4.69) is 308 Å². The van der Waals surface area contributed by atoms with Gasteiger partial charge in [0.2, 0.25) is 20.1 Å². The molecular weight excluding hydrogens is 975 g/mol. The van der Waals surface area contributed by atoms with Crippen molar-refractivity contribution in [3.63, 3.8) is 0 Å². The highest BCUT2D eigenvalue weighted by Crippen LogP contribution is 2.44. The van der Waals surface area contributed by atoms with Crippen LogP contribution in [0.15, 0.2) is 273 Å². The van der Waals surface area contributed by atoms with Crippen LogP contribution >= 0.6 is 0 Å². The molecule has 0 atom stereocenters. The van der Waals surface area contributed by atoms with E-state index in [9.17, 15) is 0 Å². The Balaban J connectivity index is 0.000000100. The molecule has 378 valence electrons. The highest BCUT2D eigenvalue weighted by Gasteiger charge is 2.45. The van der Waals surface area contributed by atoms with E-state index < -0.39 is 0 Å². The predicted octanol–water partition coefficient (Wildman–Crippen LogP) is 12.8. The van der Waals surface area contributed by atoms with E-state index in [4.69, 9.17) is 0 Å². The van der Waals surface area contributed by atoms with Crippen LogP contribution < -0.4 is 63.9 Å². The van der Waals surface area contributed by atoms with E-state index in [-0.39, 0.29) is 0 Å². The van der Waals surface area contributed by atoms with Gasteiger partial charge in [0.25, 0.3) is 0 Å². The molecule has 0 N–H and O–H groups in total. The van der Waals surface area contributed by atoms with Crippen LogP contribution in [0.4, 0.5) is 51.2 Å². The molecule has 6 heterocycles. The Bertz CT molecular complexity index is 4400. The number of para-hydroxylation sites is 4. The number of aryl methyl sites for hydroxylation is 3. The number of nitrogens with zero attached hydrogens (tertiary/aromatic N) is 3. The molecule has 0 amide bonds. The summed E-state index contributed by atoms with van der Waals surface area (Å²) in [5.41, 5.74) is 36.5. The molecule has 0 unspecified atom stereocenters. The Morgan fingerprint density at radius 3 is 1.12 bits per heavy atom. The Labute approximate surface area is 476 Å². The fourth-order valence-electron chi connectivity index (χ4n) is 14.6. The Morgan fingerprint density at radius 1 is 0.235 bits per heavy atom. The van der Waals surface area contributed by atoms with Crippen LogP contribution in [0.5, 0.6) is 0 Å². The number of anilines is 9. The van der Waals surface area contributed by atoms with Crippen LogP contribution in [0.2, 0.25) is 0 Å². The Hall–Kier alpha value is -9.77. The summed E-state index contributed by atoms with van der Waals surface area (Å²) < 4.78 is 0. The van der Waals surface area contributed by atoms with Crippen LogP contribution in [-0.2, 0) is 0 Å². The first-order chi connectivity index (χ1) is 40.0. The van der Waals surface area contributed by atoms with Gasteiger partial charge in [-0.3, -0.25) is 0 Å². The van der Waals surface area contributed by atoms with Crippen LogP contribution in [-0.4, -0.2) is 20.1 Å². The molecule has 12 aromatic carbocycles. The molecule has 0 fully saturated rings. The summed E-state index contributed by atoms with van der Waals surface area (Å²) in [4.78, 5) is 7.31. The van der Waals surface area contributed by atoms with Gasteiger partial charge in [-0.05, 0) is 165 Å². The SMILES string of the molecule is Cc1ccc2c(c1)B1c3ccccc3-c3cccc(c31)N2c1ccccc1.Cc1ccc2c(c1)N(c1ccccc1)c1cccc3c1B2c1ccccc1-3.Cc1cccc2c1N(c1ccccc1)c1cccc3c1B2c1ccccc1-3. The summed E-state index contributed by atoms with van der Waals surface area (Å²) in [5, 5.41) is 0. The lowest BCUT2D eigenvalue weighted by molar-refractivity contribution is 1.26. The van der Waals surface area contributed by atoms with Crippen molar-refractivity contribution in [2.45, 2.75) is 20.8 Å². The lowest BCUT2D eigenvalue weighted by Gasteiger charge is -2.37. The third-order valence-electron chi connectivity index (χ3n) is 17.8. The Kier molecular flexibility index (Phi) is 10.9. The van der Waals surface area contributed by atoms with Crippen molar-refractivity contribution in [1.29, 1.82) is 0 Å². The maximum absolute atomic E-state index is 2.45. The van der Waals surface area contributed by atoms with E-state index in [1.54, 1.807) is 0 Å². The molecule has 6 aliphatic rings. The predicted molar refractivity (Wildman–Crippen MR) is 348 cm³/mol. The van der Waals surface area contributed by atoms with Crippen LogP contribution in [0.25, 0.3) is 33.4 Å². The summed E-state index contributed by atoms with van der Waals surface area (Å²) in [5.74, 6) is 0. The van der Waals surface area contributed by atoms with Crippen molar-refractivity contribution in [2.24, 2.45) is 0 Å². The fourth-order valence-corrected chi connectivity index (χ4v) is 14.6. The van der Waals surface area contributed by atoms with Crippen molar-refractivity contribution < 1.29 is 0 Å². The molecule has 0 radical (unpaired) electrons. The lowest BCUT2D eigenvalue weighted by Crippen LogP contribution is -2.54. The zero-order valence-corrected chi connectivity index (χ0v) is 45.6. The second-order valence-electron chi connectivity index (χ2n) is 22.4. The molecule has 6 aliphatic heterocycles. The van der Waals surface area contributed by atoms with Crippen LogP contribution in [0.1, 0.15) is 16.7 Å². The first-order valence-electron chi connectivity index (χ1n) is 28.5. The zero-order valence-electron chi connectivity index (χ0n) is 45.6. The van der Waals surface area contributed by atoms with Crippen molar-refractivity contribution in [3.05, 3.63) is 290 Å². The Morgan fingerprint density at radius 2 is 0.605 bits per heavy atom. The molecule has 0 saturated heterocycles. The minimum absolute atomic E-state index is 0.322. The standard InChI is InChI=1S/3C25H18BN/c1-17-9-7-15-22-25(17)27(18-10-3-2-4-11-18)23-16-8-13-20-19-12-5-6-14-21(19)26(22)24(20)23;1-17-14-15-23-22(16-17)26-21-12-6-5-10-19(21)20-11-7-13-24(25(20)26)27(23)18-8-3-2-4-9-18;1-17-14-15-22-24(16-17)27(18-8-3-2-4-9-18)23-13-7-11-20-19-10-5-6-12-21(19)26(22)25(20)23/h3*2-16H,1H3. The second kappa shape index (κ2) is 18.7. The molecule has 0 aromatic heterocycles. The summed E-state index contributed by atoms with van der Waals surface area (Å²) in [7, 11) is 0. The number of fused-ring (bicyclic) bond motifs is 15. The highest BCUT2D eigenvalue weighted by atomic mass is 15.2. The van der Waals surface area contributed by atoms with Gasteiger partial charge in [-0.15, -0.1) is 0 Å². The topological polar surface area (TPSA) is 9.72 Å². The molecule has 81 heavy (non-hydrogen) atoms. The molecule has 18 rings (SSSR count). The summed E-state index contributed by atoms with van der Waals surface area (Å²) >= 11 is 0. The van der Waals surface area contributed by atoms with Gasteiger partial charge in [-0.2, -0.15) is 0 Å². The first kappa shape index (κ1) is 47.3. The van der Waals surface area contributed by atoms with E-state index in [0.717, 1.165) is 0 Å². The molecule has 12 aromatic rings. The number of hydrogen-bond donors (Lipinski definition) is 0. The molecule has 0 aliphatic carbocycles. The van der Waals surface area contributed by atoms with Gasteiger partial charge in [-0.25, -0.2) is 0 Å². The summed E-state index contributed by atoms with van der Waals surface area (Å²) in [6.45, 7) is 7.56. The van der Waals surface area contributed by atoms with Gasteiger partial charge in [0, 0.05) is 51.2 Å². The van der Waals surface area contributed by atoms with E-state index in [1.807, 2.05) is 0 Å². The summed E-state index contributed by atoms with van der Waals surface area (Å²) in [6.07, 6.45) is 0. The lowest BCUT2D eigenvalue weighted by atomic mass is 9.37. The maximum Gasteiger partial charge on any atom is 0.248 e. The zero-order chi connectivity index (χ0) is 53.9. The maximum atomic E-state index is 2.45. The molecule has 0 spiro atoms. The largest absolute Gasteiger partial charge is 0.312 e. The van der Waals surface area contributed by atoms with Gasteiger partial charge in [0.1, 0.15) is 0 Å². The van der Waals surface area contributed by atoms with Crippen LogP contribution in [0, 0.1) is 20.8 Å². The van der Waals surface area contributed by atoms with Gasteiger partial charge >= 0.3 is 0 Å². The molecule has 6 heteroatoms. The normalized spacial score (nSPS) is 13.2.